The first-order valence-electron chi connectivity index (χ1n) is 8.73. The lowest BCUT2D eigenvalue weighted by atomic mass is 9.98. The van der Waals surface area contributed by atoms with Crippen molar-refractivity contribution in [1.29, 1.82) is 0 Å². The molecule has 1 nitrogen and oxygen atoms in total. The normalized spacial score (nSPS) is 11.2. The van der Waals surface area contributed by atoms with Gasteiger partial charge in [0.05, 0.1) is 11.2 Å². The van der Waals surface area contributed by atoms with Gasteiger partial charge in [-0.3, -0.25) is 0 Å². The van der Waals surface area contributed by atoms with E-state index in [4.69, 9.17) is 4.98 Å². The molecule has 0 radical (unpaired) electrons. The average molecular weight is 311 g/mol. The molecule has 3 aromatic carbocycles. The fourth-order valence-electron chi connectivity index (χ4n) is 3.35. The van der Waals surface area contributed by atoms with Gasteiger partial charge < -0.3 is 0 Å². The zero-order valence-corrected chi connectivity index (χ0v) is 14.0. The minimum absolute atomic E-state index is 1.07. The predicted molar refractivity (Wildman–Crippen MR) is 103 cm³/mol. The van der Waals surface area contributed by atoms with Crippen molar-refractivity contribution in [2.24, 2.45) is 0 Å². The molecule has 0 unspecified atom stereocenters. The summed E-state index contributed by atoms with van der Waals surface area (Å²) in [7, 11) is 0. The van der Waals surface area contributed by atoms with Gasteiger partial charge in [0, 0.05) is 16.3 Å². The van der Waals surface area contributed by atoms with Crippen molar-refractivity contribution >= 4 is 21.7 Å². The topological polar surface area (TPSA) is 12.9 Å². The summed E-state index contributed by atoms with van der Waals surface area (Å²) in [5.41, 5.74) is 4.72. The van der Waals surface area contributed by atoms with Crippen LogP contribution in [0.5, 0.6) is 0 Å². The molecule has 0 aliphatic heterocycles. The third kappa shape index (κ3) is 2.67. The molecule has 1 heteroatoms. The van der Waals surface area contributed by atoms with Gasteiger partial charge in [0.25, 0.3) is 0 Å². The Morgan fingerprint density at radius 2 is 1.50 bits per heavy atom. The minimum Gasteiger partial charge on any atom is -0.247 e. The maximum Gasteiger partial charge on any atom is 0.0788 e. The lowest BCUT2D eigenvalue weighted by Crippen LogP contribution is -1.91. The van der Waals surface area contributed by atoms with E-state index in [1.54, 1.807) is 0 Å². The van der Waals surface area contributed by atoms with Crippen LogP contribution in [-0.2, 0) is 6.42 Å². The molecule has 4 aromatic rings. The van der Waals surface area contributed by atoms with Gasteiger partial charge >= 0.3 is 0 Å². The summed E-state index contributed by atoms with van der Waals surface area (Å²) in [6.07, 6.45) is 3.60. The number of aryl methyl sites for hydroxylation is 1. The molecule has 1 aromatic heterocycles. The van der Waals surface area contributed by atoms with E-state index >= 15 is 0 Å². The third-order valence-corrected chi connectivity index (χ3v) is 4.63. The number of unbranched alkanes of at least 4 members (excludes halogenated alkanes) is 1. The smallest absolute Gasteiger partial charge is 0.0788 e. The Labute approximate surface area is 143 Å². The van der Waals surface area contributed by atoms with Crippen LogP contribution in [-0.4, -0.2) is 4.98 Å². The summed E-state index contributed by atoms with van der Waals surface area (Å²) in [6.45, 7) is 2.24. The number of rotatable bonds is 4. The Balaban J connectivity index is 1.98. The van der Waals surface area contributed by atoms with Crippen molar-refractivity contribution in [1.82, 2.24) is 4.98 Å². The molecular formula is C23H21N. The van der Waals surface area contributed by atoms with E-state index in [1.165, 1.54) is 40.1 Å². The Hall–Kier alpha value is -2.67. The molecule has 1 heterocycles. The SMILES string of the molecule is CCCCc1ccc2nc(-c3ccccc3)c3ccccc3c2c1. The van der Waals surface area contributed by atoms with E-state index in [9.17, 15) is 0 Å². The van der Waals surface area contributed by atoms with Gasteiger partial charge in [-0.25, -0.2) is 4.98 Å². The van der Waals surface area contributed by atoms with Crippen molar-refractivity contribution < 1.29 is 0 Å². The van der Waals surface area contributed by atoms with Gasteiger partial charge in [-0.05, 0) is 35.9 Å². The number of aromatic nitrogens is 1. The van der Waals surface area contributed by atoms with E-state index in [0.717, 1.165) is 17.6 Å². The van der Waals surface area contributed by atoms with Crippen LogP contribution >= 0.6 is 0 Å². The zero-order valence-electron chi connectivity index (χ0n) is 14.0. The van der Waals surface area contributed by atoms with Crippen molar-refractivity contribution in [3.63, 3.8) is 0 Å². The first-order chi connectivity index (χ1) is 11.9. The second-order valence-electron chi connectivity index (χ2n) is 6.33. The van der Waals surface area contributed by atoms with Crippen LogP contribution in [0.3, 0.4) is 0 Å². The number of pyridine rings is 1. The number of benzene rings is 3. The quantitative estimate of drug-likeness (QED) is 0.397. The summed E-state index contributed by atoms with van der Waals surface area (Å²) >= 11 is 0. The molecule has 4 rings (SSSR count). The molecule has 0 amide bonds. The monoisotopic (exact) mass is 311 g/mol. The van der Waals surface area contributed by atoms with Gasteiger partial charge in [0.1, 0.15) is 0 Å². The van der Waals surface area contributed by atoms with Crippen LogP contribution < -0.4 is 0 Å². The van der Waals surface area contributed by atoms with Crippen molar-refractivity contribution in [3.8, 4) is 11.3 Å². The molecule has 0 aliphatic carbocycles. The second-order valence-corrected chi connectivity index (χ2v) is 6.33. The second kappa shape index (κ2) is 6.45. The van der Waals surface area contributed by atoms with E-state index in [1.807, 2.05) is 6.07 Å². The van der Waals surface area contributed by atoms with Crippen LogP contribution in [0.1, 0.15) is 25.3 Å². The predicted octanol–water partition coefficient (Wildman–Crippen LogP) is 6.40. The van der Waals surface area contributed by atoms with E-state index in [-0.39, 0.29) is 0 Å². The summed E-state index contributed by atoms with van der Waals surface area (Å²) in [5, 5.41) is 3.78. The Bertz CT molecular complexity index is 987. The first-order valence-corrected chi connectivity index (χ1v) is 8.73. The zero-order chi connectivity index (χ0) is 16.4. The number of hydrogen-bond donors (Lipinski definition) is 0. The maximum atomic E-state index is 5.00. The minimum atomic E-state index is 1.07. The van der Waals surface area contributed by atoms with Crippen LogP contribution in [0.15, 0.2) is 72.8 Å². The first kappa shape index (κ1) is 14.9. The highest BCUT2D eigenvalue weighted by molar-refractivity contribution is 6.10. The van der Waals surface area contributed by atoms with Gasteiger partial charge in [-0.1, -0.05) is 74.0 Å². The number of nitrogens with zero attached hydrogens (tertiary/aromatic N) is 1. The van der Waals surface area contributed by atoms with Gasteiger partial charge in [0.15, 0.2) is 0 Å². The van der Waals surface area contributed by atoms with E-state index in [2.05, 4.69) is 73.7 Å². The number of hydrogen-bond acceptors (Lipinski definition) is 1. The standard InChI is InChI=1S/C23H21N/c1-2-3-9-17-14-15-22-21(16-17)19-12-7-8-13-20(19)23(24-22)18-10-5-4-6-11-18/h4-8,10-16H,2-3,9H2,1H3. The van der Waals surface area contributed by atoms with Crippen molar-refractivity contribution in [2.75, 3.05) is 0 Å². The molecule has 24 heavy (non-hydrogen) atoms. The molecule has 0 bridgehead atoms. The maximum absolute atomic E-state index is 5.00. The molecular weight excluding hydrogens is 290 g/mol. The molecule has 0 N–H and O–H groups in total. The molecule has 0 saturated heterocycles. The summed E-state index contributed by atoms with van der Waals surface area (Å²) in [5.74, 6) is 0. The Kier molecular flexibility index (Phi) is 4.00. The van der Waals surface area contributed by atoms with Gasteiger partial charge in [-0.15, -0.1) is 0 Å². The molecule has 0 spiro atoms. The Morgan fingerprint density at radius 3 is 2.29 bits per heavy atom. The third-order valence-electron chi connectivity index (χ3n) is 4.63. The number of fused-ring (bicyclic) bond motifs is 3. The van der Waals surface area contributed by atoms with Crippen LogP contribution in [0, 0.1) is 0 Å². The molecule has 0 saturated carbocycles. The molecule has 0 fully saturated rings. The summed E-state index contributed by atoms with van der Waals surface area (Å²) in [4.78, 5) is 5.00. The van der Waals surface area contributed by atoms with Crippen molar-refractivity contribution in [3.05, 3.63) is 78.4 Å². The average Bonchev–Trinajstić information content (AvgIpc) is 2.66. The fraction of sp³-hybridized carbons (Fsp3) is 0.174. The molecule has 0 atom stereocenters. The highest BCUT2D eigenvalue weighted by Gasteiger charge is 2.10. The highest BCUT2D eigenvalue weighted by atomic mass is 14.7. The van der Waals surface area contributed by atoms with Crippen molar-refractivity contribution in [2.45, 2.75) is 26.2 Å². The van der Waals surface area contributed by atoms with E-state index in [0.29, 0.717) is 0 Å². The summed E-state index contributed by atoms with van der Waals surface area (Å²) < 4.78 is 0. The van der Waals surface area contributed by atoms with Crippen LogP contribution in [0.2, 0.25) is 0 Å². The lowest BCUT2D eigenvalue weighted by Gasteiger charge is -2.11. The van der Waals surface area contributed by atoms with Gasteiger partial charge in [0.2, 0.25) is 0 Å². The highest BCUT2D eigenvalue weighted by Crippen LogP contribution is 2.32. The summed E-state index contributed by atoms with van der Waals surface area (Å²) in [6, 6.07) is 25.8. The largest absolute Gasteiger partial charge is 0.247 e. The molecule has 0 aliphatic rings. The molecule has 118 valence electrons. The van der Waals surface area contributed by atoms with Crippen LogP contribution in [0.25, 0.3) is 32.9 Å². The van der Waals surface area contributed by atoms with E-state index < -0.39 is 0 Å². The van der Waals surface area contributed by atoms with Gasteiger partial charge in [-0.2, -0.15) is 0 Å². The van der Waals surface area contributed by atoms with Crippen LogP contribution in [0.4, 0.5) is 0 Å². The Morgan fingerprint density at radius 1 is 0.750 bits per heavy atom. The lowest BCUT2D eigenvalue weighted by molar-refractivity contribution is 0.796. The fourth-order valence-corrected chi connectivity index (χ4v) is 3.35.